The predicted molar refractivity (Wildman–Crippen MR) is 51.1 cm³/mol. The normalized spacial score (nSPS) is 15.3. The highest BCUT2D eigenvalue weighted by Gasteiger charge is 2.15. The summed E-state index contributed by atoms with van der Waals surface area (Å²) >= 11 is 0. The molecule has 13 heavy (non-hydrogen) atoms. The van der Waals surface area contributed by atoms with Crippen LogP contribution < -0.4 is 5.73 Å². The van der Waals surface area contributed by atoms with E-state index in [0.29, 0.717) is 6.42 Å². The van der Waals surface area contributed by atoms with Gasteiger partial charge in [-0.05, 0) is 12.0 Å². The van der Waals surface area contributed by atoms with Crippen molar-refractivity contribution in [2.45, 2.75) is 18.6 Å². The van der Waals surface area contributed by atoms with E-state index in [-0.39, 0.29) is 6.61 Å². The third-order valence-corrected chi connectivity index (χ3v) is 2.02. The van der Waals surface area contributed by atoms with Crippen LogP contribution in [0.4, 0.5) is 0 Å². The van der Waals surface area contributed by atoms with Crippen molar-refractivity contribution >= 4 is 0 Å². The number of hydrogen-bond acceptors (Lipinski definition) is 3. The number of nitrogens with two attached hydrogens (primary N) is 1. The van der Waals surface area contributed by atoms with E-state index in [1.54, 1.807) is 0 Å². The molecule has 0 aliphatic carbocycles. The second-order valence-electron chi connectivity index (χ2n) is 3.02. The standard InChI is InChI=1S/C10H15NO2/c11-10(9(13)6-7-12)8-4-2-1-3-5-8/h1-5,9-10,12-13H,6-7,11H2/t9-,10+/m1/s1. The summed E-state index contributed by atoms with van der Waals surface area (Å²) in [5.41, 5.74) is 6.66. The summed E-state index contributed by atoms with van der Waals surface area (Å²) in [5.74, 6) is 0. The lowest BCUT2D eigenvalue weighted by atomic mass is 10.0. The van der Waals surface area contributed by atoms with Crippen LogP contribution in [0, 0.1) is 0 Å². The molecular weight excluding hydrogens is 166 g/mol. The van der Waals surface area contributed by atoms with Crippen LogP contribution in [0.2, 0.25) is 0 Å². The molecule has 0 aliphatic heterocycles. The Kier molecular flexibility index (Phi) is 3.89. The van der Waals surface area contributed by atoms with Crippen LogP contribution in [0.3, 0.4) is 0 Å². The average Bonchev–Trinajstić information content (AvgIpc) is 2.18. The first kappa shape index (κ1) is 10.2. The first-order valence-electron chi connectivity index (χ1n) is 4.35. The van der Waals surface area contributed by atoms with Crippen LogP contribution in [0.15, 0.2) is 30.3 Å². The van der Waals surface area contributed by atoms with E-state index in [1.165, 1.54) is 0 Å². The van der Waals surface area contributed by atoms with Crippen LogP contribution in [0.5, 0.6) is 0 Å². The Morgan fingerprint density at radius 3 is 2.38 bits per heavy atom. The van der Waals surface area contributed by atoms with Gasteiger partial charge in [-0.15, -0.1) is 0 Å². The summed E-state index contributed by atoms with van der Waals surface area (Å²) in [6.45, 7) is -0.0400. The summed E-state index contributed by atoms with van der Waals surface area (Å²) < 4.78 is 0. The molecular formula is C10H15NO2. The van der Waals surface area contributed by atoms with Crippen molar-refractivity contribution in [3.63, 3.8) is 0 Å². The zero-order chi connectivity index (χ0) is 9.68. The van der Waals surface area contributed by atoms with Gasteiger partial charge in [0.05, 0.1) is 12.1 Å². The van der Waals surface area contributed by atoms with Crippen molar-refractivity contribution in [1.29, 1.82) is 0 Å². The summed E-state index contributed by atoms with van der Waals surface area (Å²) in [6, 6.07) is 8.97. The maximum atomic E-state index is 9.49. The van der Waals surface area contributed by atoms with E-state index in [2.05, 4.69) is 0 Å². The fraction of sp³-hybridized carbons (Fsp3) is 0.400. The highest BCUT2D eigenvalue weighted by molar-refractivity contribution is 5.19. The van der Waals surface area contributed by atoms with E-state index < -0.39 is 12.1 Å². The van der Waals surface area contributed by atoms with Crippen molar-refractivity contribution in [3.8, 4) is 0 Å². The average molecular weight is 181 g/mol. The fourth-order valence-corrected chi connectivity index (χ4v) is 1.21. The SMILES string of the molecule is N[C@@H](c1ccccc1)[C@H](O)CCO. The van der Waals surface area contributed by atoms with E-state index in [9.17, 15) is 5.11 Å². The zero-order valence-electron chi connectivity index (χ0n) is 7.43. The van der Waals surface area contributed by atoms with E-state index in [0.717, 1.165) is 5.56 Å². The van der Waals surface area contributed by atoms with Gasteiger partial charge in [-0.2, -0.15) is 0 Å². The van der Waals surface area contributed by atoms with Gasteiger partial charge in [-0.25, -0.2) is 0 Å². The molecule has 3 heteroatoms. The molecule has 0 spiro atoms. The Hall–Kier alpha value is -0.900. The molecule has 0 saturated heterocycles. The van der Waals surface area contributed by atoms with Gasteiger partial charge in [0.15, 0.2) is 0 Å². The number of aliphatic hydroxyl groups excluding tert-OH is 2. The fourth-order valence-electron chi connectivity index (χ4n) is 1.21. The molecule has 1 rings (SSSR count). The van der Waals surface area contributed by atoms with Gasteiger partial charge in [-0.3, -0.25) is 0 Å². The van der Waals surface area contributed by atoms with E-state index >= 15 is 0 Å². The monoisotopic (exact) mass is 181 g/mol. The summed E-state index contributed by atoms with van der Waals surface area (Å²) in [5, 5.41) is 18.1. The number of benzene rings is 1. The Morgan fingerprint density at radius 2 is 1.85 bits per heavy atom. The molecule has 3 nitrogen and oxygen atoms in total. The molecule has 0 amide bonds. The first-order chi connectivity index (χ1) is 6.25. The minimum Gasteiger partial charge on any atom is -0.396 e. The third-order valence-electron chi connectivity index (χ3n) is 2.02. The summed E-state index contributed by atoms with van der Waals surface area (Å²) in [7, 11) is 0. The molecule has 0 unspecified atom stereocenters. The topological polar surface area (TPSA) is 66.5 Å². The molecule has 0 radical (unpaired) electrons. The van der Waals surface area contributed by atoms with Crippen molar-refractivity contribution in [2.75, 3.05) is 6.61 Å². The van der Waals surface area contributed by atoms with Gasteiger partial charge in [0.2, 0.25) is 0 Å². The Balaban J connectivity index is 2.62. The summed E-state index contributed by atoms with van der Waals surface area (Å²) in [4.78, 5) is 0. The number of rotatable bonds is 4. The second-order valence-corrected chi connectivity index (χ2v) is 3.02. The molecule has 0 fully saturated rings. The van der Waals surface area contributed by atoms with Gasteiger partial charge in [0.1, 0.15) is 0 Å². The molecule has 2 atom stereocenters. The third kappa shape index (κ3) is 2.81. The quantitative estimate of drug-likeness (QED) is 0.631. The lowest BCUT2D eigenvalue weighted by molar-refractivity contribution is 0.109. The first-order valence-corrected chi connectivity index (χ1v) is 4.35. The lowest BCUT2D eigenvalue weighted by Crippen LogP contribution is -2.26. The molecule has 0 aliphatic rings. The van der Waals surface area contributed by atoms with Crippen molar-refractivity contribution in [2.24, 2.45) is 5.73 Å². The smallest absolute Gasteiger partial charge is 0.0754 e. The molecule has 72 valence electrons. The van der Waals surface area contributed by atoms with Crippen molar-refractivity contribution < 1.29 is 10.2 Å². The molecule has 4 N–H and O–H groups in total. The van der Waals surface area contributed by atoms with Crippen LogP contribution in [-0.2, 0) is 0 Å². The number of hydrogen-bond donors (Lipinski definition) is 3. The van der Waals surface area contributed by atoms with Crippen LogP contribution in [0.25, 0.3) is 0 Å². The summed E-state index contributed by atoms with van der Waals surface area (Å²) in [6.07, 6.45) is -0.358. The van der Waals surface area contributed by atoms with E-state index in [4.69, 9.17) is 10.8 Å². The highest BCUT2D eigenvalue weighted by Crippen LogP contribution is 2.15. The van der Waals surface area contributed by atoms with Gasteiger partial charge in [0.25, 0.3) is 0 Å². The lowest BCUT2D eigenvalue weighted by Gasteiger charge is -2.17. The Morgan fingerprint density at radius 1 is 1.23 bits per heavy atom. The molecule has 1 aromatic carbocycles. The van der Waals surface area contributed by atoms with Crippen LogP contribution >= 0.6 is 0 Å². The van der Waals surface area contributed by atoms with E-state index in [1.807, 2.05) is 30.3 Å². The Bertz CT molecular complexity index is 238. The maximum Gasteiger partial charge on any atom is 0.0754 e. The molecule has 0 heterocycles. The van der Waals surface area contributed by atoms with Gasteiger partial charge in [-0.1, -0.05) is 30.3 Å². The molecule has 0 bridgehead atoms. The molecule has 0 aromatic heterocycles. The second kappa shape index (κ2) is 4.97. The van der Waals surface area contributed by atoms with Gasteiger partial charge >= 0.3 is 0 Å². The van der Waals surface area contributed by atoms with Crippen molar-refractivity contribution in [3.05, 3.63) is 35.9 Å². The van der Waals surface area contributed by atoms with Crippen molar-refractivity contribution in [1.82, 2.24) is 0 Å². The molecule has 0 saturated carbocycles. The predicted octanol–water partition coefficient (Wildman–Crippen LogP) is 0.430. The molecule has 1 aromatic rings. The zero-order valence-corrected chi connectivity index (χ0v) is 7.43. The maximum absolute atomic E-state index is 9.49. The highest BCUT2D eigenvalue weighted by atomic mass is 16.3. The van der Waals surface area contributed by atoms with Crippen LogP contribution in [0.1, 0.15) is 18.0 Å². The largest absolute Gasteiger partial charge is 0.396 e. The number of aliphatic hydroxyl groups is 2. The minimum atomic E-state index is -0.674. The van der Waals surface area contributed by atoms with Crippen LogP contribution in [-0.4, -0.2) is 22.9 Å². The minimum absolute atomic E-state index is 0.0400. The van der Waals surface area contributed by atoms with Gasteiger partial charge in [0, 0.05) is 6.61 Å². The van der Waals surface area contributed by atoms with Gasteiger partial charge < -0.3 is 15.9 Å². The Labute approximate surface area is 77.8 Å².